The lowest BCUT2D eigenvalue weighted by Gasteiger charge is -2.38. The van der Waals surface area contributed by atoms with Gasteiger partial charge in [0, 0.05) is 32.4 Å². The van der Waals surface area contributed by atoms with Gasteiger partial charge in [-0.25, -0.2) is 9.59 Å². The van der Waals surface area contributed by atoms with E-state index in [1.807, 2.05) is 0 Å². The minimum absolute atomic E-state index is 0.0316. The van der Waals surface area contributed by atoms with Crippen LogP contribution >= 0.6 is 0 Å². The number of carboxylic acids is 1. The second kappa shape index (κ2) is 17.6. The highest BCUT2D eigenvalue weighted by Crippen LogP contribution is 2.31. The fraction of sp³-hybridized carbons (Fsp3) is 0.536. The molecule has 1 aliphatic carbocycles. The number of aliphatic hydroxyl groups is 3. The van der Waals surface area contributed by atoms with Gasteiger partial charge in [-0.15, -0.1) is 0 Å². The minimum atomic E-state index is -1.98. The van der Waals surface area contributed by atoms with Crippen molar-refractivity contribution in [2.75, 3.05) is 31.7 Å². The molecular weight excluding hydrogens is 643 g/mol. The molecule has 2 fully saturated rings. The first kappa shape index (κ1) is 38.0. The Kier molecular flexibility index (Phi) is 13.9. The summed E-state index contributed by atoms with van der Waals surface area (Å²) in [4.78, 5) is 84.2. The molecule has 0 aromatic heterocycles. The molecule has 1 saturated carbocycles. The number of carbonyl (C=O) groups excluding carboxylic acids is 6. The lowest BCUT2D eigenvalue weighted by atomic mass is 9.88. The molecule has 0 unspecified atom stereocenters. The number of nitrogens with two attached hydrogens (primary N) is 1. The molecule has 2 aliphatic rings. The van der Waals surface area contributed by atoms with Crippen molar-refractivity contribution in [2.24, 2.45) is 17.6 Å². The van der Waals surface area contributed by atoms with E-state index in [2.05, 4.69) is 16.0 Å². The average Bonchev–Trinajstić information content (AvgIpc) is 3.36. The van der Waals surface area contributed by atoms with E-state index in [1.165, 1.54) is 26.0 Å². The topological polar surface area (TPSA) is 299 Å². The summed E-state index contributed by atoms with van der Waals surface area (Å²) < 4.78 is 20.8. The quantitative estimate of drug-likeness (QED) is 0.0356. The fourth-order valence-corrected chi connectivity index (χ4v) is 4.87. The van der Waals surface area contributed by atoms with E-state index in [4.69, 9.17) is 24.7 Å². The van der Waals surface area contributed by atoms with E-state index in [0.717, 1.165) is 0 Å². The highest BCUT2D eigenvalue weighted by Gasteiger charge is 2.48. The van der Waals surface area contributed by atoms with E-state index >= 15 is 0 Å². The van der Waals surface area contributed by atoms with Crippen molar-refractivity contribution in [2.45, 2.75) is 56.6 Å². The summed E-state index contributed by atoms with van der Waals surface area (Å²) in [6.07, 6.45) is -10.8. The van der Waals surface area contributed by atoms with Gasteiger partial charge in [0.05, 0.1) is 24.1 Å². The third-order valence-corrected chi connectivity index (χ3v) is 7.32. The monoisotopic (exact) mass is 680 g/mol. The van der Waals surface area contributed by atoms with E-state index < -0.39 is 66.4 Å². The predicted molar refractivity (Wildman–Crippen MR) is 161 cm³/mol. The summed E-state index contributed by atoms with van der Waals surface area (Å²) in [6, 6.07) is 3.95. The predicted octanol–water partition coefficient (Wildman–Crippen LogP) is -4.11. The van der Waals surface area contributed by atoms with Crippen LogP contribution in [-0.4, -0.2) is 127 Å². The standard InChI is InChI=1S/C28H37BN4O15/c29-18(36)10-45-11-32-28(44)46-9-12-1-4-17(47-27-23(40)21(38)22(39)24(48-27)26(42)43)14(7-12)33-19(37)5-6-31-25(41)13(8-30)20-15(34)2-3-16(20)35/h1,4,7,13,20-24,27,38-40H,2-3,5-6,8-11,29-30H2,(H,31,41)(H,32,44)(H,33,37)(H,42,43)/t13-,21+,22+,23-,24+,27-/m1/s1. The number of ether oxygens (including phenoxy) is 4. The van der Waals surface area contributed by atoms with E-state index in [1.54, 1.807) is 0 Å². The molecule has 1 aliphatic heterocycles. The number of carbonyl (C=O) groups is 7. The van der Waals surface area contributed by atoms with Gasteiger partial charge in [0.25, 0.3) is 0 Å². The van der Waals surface area contributed by atoms with Crippen LogP contribution in [0.5, 0.6) is 5.75 Å². The lowest BCUT2D eigenvalue weighted by Crippen LogP contribution is -2.61. The van der Waals surface area contributed by atoms with Gasteiger partial charge in [0.2, 0.25) is 18.1 Å². The highest BCUT2D eigenvalue weighted by atomic mass is 16.7. The molecule has 0 bridgehead atoms. The SMILES string of the molecule is BC(=O)COCNC(=O)OCc1ccc(O[C@@H]2O[C@H](C(=O)O)[C@@H](O)[C@H](O)[C@H]2O)c(NC(=O)CCNC(=O)[C@H](CN)C2C(=O)CCC2=O)c1. The molecule has 6 atom stereocenters. The van der Waals surface area contributed by atoms with Gasteiger partial charge < -0.3 is 60.5 Å². The maximum atomic E-state index is 12.9. The van der Waals surface area contributed by atoms with Crippen molar-refractivity contribution < 1.29 is 72.9 Å². The third-order valence-electron chi connectivity index (χ3n) is 7.32. The van der Waals surface area contributed by atoms with Crippen LogP contribution in [0.2, 0.25) is 0 Å². The Morgan fingerprint density at radius 2 is 1.71 bits per heavy atom. The number of hydrogen-bond acceptors (Lipinski definition) is 15. The summed E-state index contributed by atoms with van der Waals surface area (Å²) in [5.41, 5.74) is 5.60. The molecule has 1 heterocycles. The number of hydrogen-bond donors (Lipinski definition) is 8. The Bertz CT molecular complexity index is 1380. The molecule has 0 radical (unpaired) electrons. The van der Waals surface area contributed by atoms with Crippen LogP contribution in [0.3, 0.4) is 0 Å². The van der Waals surface area contributed by atoms with Crippen LogP contribution in [0.25, 0.3) is 0 Å². The first-order valence-electron chi connectivity index (χ1n) is 14.8. The Hall–Kier alpha value is -4.47. The maximum Gasteiger partial charge on any atom is 0.409 e. The molecule has 1 aromatic rings. The van der Waals surface area contributed by atoms with Crippen LogP contribution in [0.15, 0.2) is 18.2 Å². The van der Waals surface area contributed by atoms with Crippen molar-refractivity contribution in [1.82, 2.24) is 10.6 Å². The molecule has 3 rings (SSSR count). The molecule has 262 valence electrons. The van der Waals surface area contributed by atoms with Gasteiger partial charge in [-0.3, -0.25) is 24.5 Å². The molecule has 0 spiro atoms. The number of aliphatic carboxylic acids is 1. The van der Waals surface area contributed by atoms with E-state index in [-0.39, 0.29) is 81.0 Å². The molecule has 19 nitrogen and oxygen atoms in total. The average molecular weight is 680 g/mol. The van der Waals surface area contributed by atoms with Crippen LogP contribution < -0.4 is 26.4 Å². The van der Waals surface area contributed by atoms with Crippen molar-refractivity contribution in [3.63, 3.8) is 0 Å². The second-order valence-corrected chi connectivity index (χ2v) is 11.0. The van der Waals surface area contributed by atoms with Gasteiger partial charge in [-0.05, 0) is 17.7 Å². The zero-order chi connectivity index (χ0) is 35.5. The lowest BCUT2D eigenvalue weighted by molar-refractivity contribution is -0.271. The summed E-state index contributed by atoms with van der Waals surface area (Å²) in [6.45, 7) is -1.35. The molecule has 3 amide bonds. The number of Topliss-reactive ketones (excluding diaryl/α,β-unsaturated/α-hetero) is 2. The number of ketones is 2. The number of nitrogens with one attached hydrogen (secondary N) is 3. The molecule has 20 heteroatoms. The van der Waals surface area contributed by atoms with Crippen molar-refractivity contribution in [3.8, 4) is 5.75 Å². The molecule has 9 N–H and O–H groups in total. The third kappa shape index (κ3) is 10.3. The van der Waals surface area contributed by atoms with Gasteiger partial charge in [-0.2, -0.15) is 0 Å². The molecular formula is C28H37BN4O15. The maximum absolute atomic E-state index is 12.9. The number of benzene rings is 1. The van der Waals surface area contributed by atoms with Crippen LogP contribution in [0, 0.1) is 11.8 Å². The zero-order valence-corrected chi connectivity index (χ0v) is 25.8. The number of aliphatic hydroxyl groups excluding tert-OH is 3. The number of rotatable bonds is 16. The van der Waals surface area contributed by atoms with Gasteiger partial charge in [-0.1, -0.05) is 6.07 Å². The Morgan fingerprint density at radius 3 is 2.33 bits per heavy atom. The van der Waals surface area contributed by atoms with Crippen molar-refractivity contribution in [3.05, 3.63) is 23.8 Å². The molecule has 1 aromatic carbocycles. The Balaban J connectivity index is 1.70. The summed E-state index contributed by atoms with van der Waals surface area (Å²) >= 11 is 0. The second-order valence-electron chi connectivity index (χ2n) is 11.0. The number of anilines is 1. The summed E-state index contributed by atoms with van der Waals surface area (Å²) in [7, 11) is 1.30. The van der Waals surface area contributed by atoms with Gasteiger partial charge in [0.1, 0.15) is 54.6 Å². The normalized spacial score (nSPS) is 23.2. The fourth-order valence-electron chi connectivity index (χ4n) is 4.87. The van der Waals surface area contributed by atoms with Gasteiger partial charge >= 0.3 is 12.1 Å². The largest absolute Gasteiger partial charge is 0.479 e. The number of amides is 3. The van der Waals surface area contributed by atoms with E-state index in [9.17, 15) is 54.0 Å². The van der Waals surface area contributed by atoms with Crippen molar-refractivity contribution in [1.29, 1.82) is 0 Å². The zero-order valence-electron chi connectivity index (χ0n) is 25.8. The van der Waals surface area contributed by atoms with Crippen LogP contribution in [0.4, 0.5) is 10.5 Å². The smallest absolute Gasteiger partial charge is 0.409 e. The Labute approximate surface area is 273 Å². The molecule has 48 heavy (non-hydrogen) atoms. The summed E-state index contributed by atoms with van der Waals surface area (Å²) in [5.74, 6) is -6.18. The number of carboxylic acid groups (broad SMARTS) is 1. The van der Waals surface area contributed by atoms with E-state index in [0.29, 0.717) is 5.56 Å². The van der Waals surface area contributed by atoms with Crippen LogP contribution in [-0.2, 0) is 49.6 Å². The minimum Gasteiger partial charge on any atom is -0.479 e. The Morgan fingerprint density at radius 1 is 1.02 bits per heavy atom. The van der Waals surface area contributed by atoms with Crippen molar-refractivity contribution >= 4 is 54.7 Å². The van der Waals surface area contributed by atoms with Gasteiger partial charge in [0.15, 0.2) is 14.0 Å². The molecule has 1 saturated heterocycles. The van der Waals surface area contributed by atoms with Crippen LogP contribution in [0.1, 0.15) is 24.8 Å². The first-order chi connectivity index (χ1) is 22.7. The highest BCUT2D eigenvalue weighted by molar-refractivity contribution is 6.58. The first-order valence-corrected chi connectivity index (χ1v) is 14.8. The number of alkyl carbamates (subject to hydrolysis) is 1. The summed E-state index contributed by atoms with van der Waals surface area (Å²) in [5, 5.41) is 47.1.